The lowest BCUT2D eigenvalue weighted by atomic mass is 10.1. The topological polar surface area (TPSA) is 78.4 Å². The van der Waals surface area contributed by atoms with Crippen molar-refractivity contribution in [1.82, 2.24) is 5.32 Å². The van der Waals surface area contributed by atoms with E-state index in [1.807, 2.05) is 24.3 Å². The first kappa shape index (κ1) is 13.5. The molecule has 0 aromatic heterocycles. The van der Waals surface area contributed by atoms with E-state index in [2.05, 4.69) is 10.6 Å². The lowest BCUT2D eigenvalue weighted by Gasteiger charge is -2.14. The van der Waals surface area contributed by atoms with Gasteiger partial charge in [0.25, 0.3) is 0 Å². The van der Waals surface area contributed by atoms with Crippen molar-refractivity contribution in [2.75, 3.05) is 11.9 Å². The summed E-state index contributed by atoms with van der Waals surface area (Å²) in [5.74, 6) is -0.876. The standard InChI is InChI=1S/C14H18N2O3/c17-13(18)8-7-10-4-1-2-5-11(10)16-14(19)12-6-3-9-15-12/h1-2,4-5,12,15H,3,6-9H2,(H,16,19)(H,17,18). The zero-order chi connectivity index (χ0) is 13.7. The Bertz CT molecular complexity index is 468. The molecular formula is C14H18N2O3. The summed E-state index contributed by atoms with van der Waals surface area (Å²) in [5, 5.41) is 14.7. The quantitative estimate of drug-likeness (QED) is 0.749. The molecule has 0 radical (unpaired) electrons. The summed E-state index contributed by atoms with van der Waals surface area (Å²) in [6.07, 6.45) is 2.35. The van der Waals surface area contributed by atoms with Crippen molar-refractivity contribution in [1.29, 1.82) is 0 Å². The van der Waals surface area contributed by atoms with Crippen molar-refractivity contribution in [3.05, 3.63) is 29.8 Å². The van der Waals surface area contributed by atoms with E-state index in [9.17, 15) is 9.59 Å². The van der Waals surface area contributed by atoms with Crippen LogP contribution in [0.2, 0.25) is 0 Å². The molecular weight excluding hydrogens is 244 g/mol. The highest BCUT2D eigenvalue weighted by molar-refractivity contribution is 5.95. The number of nitrogens with one attached hydrogen (secondary N) is 2. The van der Waals surface area contributed by atoms with Crippen LogP contribution in [0.4, 0.5) is 5.69 Å². The number of rotatable bonds is 5. The van der Waals surface area contributed by atoms with Gasteiger partial charge in [-0.3, -0.25) is 9.59 Å². The summed E-state index contributed by atoms with van der Waals surface area (Å²) < 4.78 is 0. The summed E-state index contributed by atoms with van der Waals surface area (Å²) in [6.45, 7) is 0.874. The van der Waals surface area contributed by atoms with Crippen LogP contribution in [0, 0.1) is 0 Å². The Labute approximate surface area is 112 Å². The molecule has 1 unspecified atom stereocenters. The second-order valence-corrected chi connectivity index (χ2v) is 4.69. The SMILES string of the molecule is O=C(O)CCc1ccccc1NC(=O)C1CCCN1. The number of benzene rings is 1. The van der Waals surface area contributed by atoms with Crippen LogP contribution in [0.5, 0.6) is 0 Å². The Morgan fingerprint density at radius 1 is 1.37 bits per heavy atom. The number of amides is 1. The Hall–Kier alpha value is -1.88. The van der Waals surface area contributed by atoms with Crippen LogP contribution >= 0.6 is 0 Å². The summed E-state index contributed by atoms with van der Waals surface area (Å²) in [4.78, 5) is 22.6. The van der Waals surface area contributed by atoms with Crippen LogP contribution in [-0.4, -0.2) is 29.6 Å². The second kappa shape index (κ2) is 6.33. The van der Waals surface area contributed by atoms with Gasteiger partial charge in [-0.15, -0.1) is 0 Å². The molecule has 1 aromatic rings. The average molecular weight is 262 g/mol. The Morgan fingerprint density at radius 2 is 2.16 bits per heavy atom. The highest BCUT2D eigenvalue weighted by Crippen LogP contribution is 2.18. The largest absolute Gasteiger partial charge is 0.481 e. The fraction of sp³-hybridized carbons (Fsp3) is 0.429. The molecule has 1 saturated heterocycles. The third kappa shape index (κ3) is 3.79. The first-order valence-corrected chi connectivity index (χ1v) is 6.51. The molecule has 5 nitrogen and oxygen atoms in total. The van der Waals surface area contributed by atoms with Gasteiger partial charge in [-0.05, 0) is 37.4 Å². The highest BCUT2D eigenvalue weighted by atomic mass is 16.4. The van der Waals surface area contributed by atoms with Crippen molar-refractivity contribution in [3.63, 3.8) is 0 Å². The summed E-state index contributed by atoms with van der Waals surface area (Å²) in [6, 6.07) is 7.21. The molecule has 2 rings (SSSR count). The van der Waals surface area contributed by atoms with Crippen molar-refractivity contribution in [3.8, 4) is 0 Å². The second-order valence-electron chi connectivity index (χ2n) is 4.69. The molecule has 3 N–H and O–H groups in total. The number of carboxylic acids is 1. The minimum atomic E-state index is -0.835. The Balaban J connectivity index is 2.02. The van der Waals surface area contributed by atoms with Crippen LogP contribution in [0.15, 0.2) is 24.3 Å². The molecule has 1 aliphatic rings. The average Bonchev–Trinajstić information content (AvgIpc) is 2.91. The maximum atomic E-state index is 12.0. The van der Waals surface area contributed by atoms with Gasteiger partial charge in [0.1, 0.15) is 0 Å². The molecule has 1 fully saturated rings. The third-order valence-electron chi connectivity index (χ3n) is 3.26. The van der Waals surface area contributed by atoms with Crippen molar-refractivity contribution >= 4 is 17.6 Å². The van der Waals surface area contributed by atoms with Gasteiger partial charge in [-0.1, -0.05) is 18.2 Å². The molecule has 0 aliphatic carbocycles. The molecule has 1 aliphatic heterocycles. The molecule has 1 aromatic carbocycles. The van der Waals surface area contributed by atoms with Crippen LogP contribution < -0.4 is 10.6 Å². The Kier molecular flexibility index (Phi) is 4.52. The predicted octanol–water partition coefficient (Wildman–Crippen LogP) is 1.39. The van der Waals surface area contributed by atoms with Crippen LogP contribution in [0.25, 0.3) is 0 Å². The summed E-state index contributed by atoms with van der Waals surface area (Å²) in [5.41, 5.74) is 1.57. The van der Waals surface area contributed by atoms with Crippen LogP contribution in [-0.2, 0) is 16.0 Å². The number of carboxylic acid groups (broad SMARTS) is 1. The molecule has 0 saturated carbocycles. The molecule has 0 spiro atoms. The van der Waals surface area contributed by atoms with E-state index in [4.69, 9.17) is 5.11 Å². The number of aliphatic carboxylic acids is 1. The number of carbonyl (C=O) groups is 2. The fourth-order valence-electron chi connectivity index (χ4n) is 2.23. The van der Waals surface area contributed by atoms with Gasteiger partial charge in [-0.2, -0.15) is 0 Å². The maximum Gasteiger partial charge on any atom is 0.303 e. The zero-order valence-corrected chi connectivity index (χ0v) is 10.7. The van der Waals surface area contributed by atoms with Gasteiger partial charge in [-0.25, -0.2) is 0 Å². The highest BCUT2D eigenvalue weighted by Gasteiger charge is 2.22. The van der Waals surface area contributed by atoms with Crippen LogP contribution in [0.1, 0.15) is 24.8 Å². The molecule has 1 amide bonds. The first-order valence-electron chi connectivity index (χ1n) is 6.51. The number of para-hydroxylation sites is 1. The third-order valence-corrected chi connectivity index (χ3v) is 3.26. The van der Waals surface area contributed by atoms with E-state index < -0.39 is 5.97 Å². The number of anilines is 1. The van der Waals surface area contributed by atoms with Crippen molar-refractivity contribution in [2.24, 2.45) is 0 Å². The van der Waals surface area contributed by atoms with Gasteiger partial charge in [0.15, 0.2) is 0 Å². The molecule has 0 bridgehead atoms. The van der Waals surface area contributed by atoms with E-state index >= 15 is 0 Å². The molecule has 19 heavy (non-hydrogen) atoms. The monoisotopic (exact) mass is 262 g/mol. The summed E-state index contributed by atoms with van der Waals surface area (Å²) >= 11 is 0. The van der Waals surface area contributed by atoms with E-state index in [0.29, 0.717) is 12.1 Å². The minimum absolute atomic E-state index is 0.0414. The number of hydrogen-bond donors (Lipinski definition) is 3. The molecule has 1 heterocycles. The van der Waals surface area contributed by atoms with Crippen molar-refractivity contribution in [2.45, 2.75) is 31.7 Å². The number of hydrogen-bond acceptors (Lipinski definition) is 3. The van der Waals surface area contributed by atoms with E-state index in [1.54, 1.807) is 0 Å². The lowest BCUT2D eigenvalue weighted by molar-refractivity contribution is -0.136. The molecule has 5 heteroatoms. The van der Waals surface area contributed by atoms with Gasteiger partial charge in [0, 0.05) is 12.1 Å². The lowest BCUT2D eigenvalue weighted by Crippen LogP contribution is -2.35. The van der Waals surface area contributed by atoms with Gasteiger partial charge in [0.2, 0.25) is 5.91 Å². The van der Waals surface area contributed by atoms with Gasteiger partial charge >= 0.3 is 5.97 Å². The number of carbonyl (C=O) groups excluding carboxylic acids is 1. The smallest absolute Gasteiger partial charge is 0.303 e. The zero-order valence-electron chi connectivity index (χ0n) is 10.7. The summed E-state index contributed by atoms with van der Waals surface area (Å²) in [7, 11) is 0. The molecule has 102 valence electrons. The predicted molar refractivity (Wildman–Crippen MR) is 72.1 cm³/mol. The Morgan fingerprint density at radius 3 is 2.84 bits per heavy atom. The fourth-order valence-corrected chi connectivity index (χ4v) is 2.23. The van der Waals surface area contributed by atoms with Crippen LogP contribution in [0.3, 0.4) is 0 Å². The van der Waals surface area contributed by atoms with E-state index in [-0.39, 0.29) is 18.4 Å². The molecule has 1 atom stereocenters. The van der Waals surface area contributed by atoms with E-state index in [1.165, 1.54) is 0 Å². The normalized spacial score (nSPS) is 18.2. The first-order chi connectivity index (χ1) is 9.16. The van der Waals surface area contributed by atoms with Crippen molar-refractivity contribution < 1.29 is 14.7 Å². The minimum Gasteiger partial charge on any atom is -0.481 e. The van der Waals surface area contributed by atoms with Gasteiger partial charge < -0.3 is 15.7 Å². The number of aryl methyl sites for hydroxylation is 1. The van der Waals surface area contributed by atoms with E-state index in [0.717, 1.165) is 24.9 Å². The maximum absolute atomic E-state index is 12.0. The van der Waals surface area contributed by atoms with Gasteiger partial charge in [0.05, 0.1) is 6.04 Å².